The van der Waals surface area contributed by atoms with Gasteiger partial charge in [-0.2, -0.15) is 0 Å². The highest BCUT2D eigenvalue weighted by atomic mass is 19.3. The van der Waals surface area contributed by atoms with E-state index in [0.29, 0.717) is 25.8 Å². The Morgan fingerprint density at radius 3 is 2.17 bits per heavy atom. The molecule has 2 saturated heterocycles. The third kappa shape index (κ3) is 5.26. The van der Waals surface area contributed by atoms with E-state index in [2.05, 4.69) is 17.3 Å². The second kappa shape index (κ2) is 8.46. The number of halogens is 2. The van der Waals surface area contributed by atoms with Crippen LogP contribution in [0.5, 0.6) is 0 Å². The Hall–Kier alpha value is -1.28. The summed E-state index contributed by atoms with van der Waals surface area (Å²) in [4.78, 5) is 32.1. The molecule has 0 aromatic rings. The van der Waals surface area contributed by atoms with Crippen LogP contribution < -0.4 is 5.32 Å². The highest BCUT2D eigenvalue weighted by Crippen LogP contribution is 2.38. The first-order valence-electron chi connectivity index (χ1n) is 10.9. The molecule has 1 N–H and O–H groups in total. The van der Waals surface area contributed by atoms with Crippen LogP contribution in [0.15, 0.2) is 0 Å². The number of carbonyl (C=O) groups is 2. The molecule has 2 heterocycles. The van der Waals surface area contributed by atoms with Gasteiger partial charge < -0.3 is 20.0 Å². The van der Waals surface area contributed by atoms with E-state index in [4.69, 9.17) is 0 Å². The quantitative estimate of drug-likeness (QED) is 0.767. The predicted octanol–water partition coefficient (Wildman–Crippen LogP) is 1.94. The summed E-state index contributed by atoms with van der Waals surface area (Å²) in [5.41, 5.74) is -0.584. The van der Waals surface area contributed by atoms with E-state index < -0.39 is 11.3 Å². The van der Waals surface area contributed by atoms with Crippen molar-refractivity contribution in [2.24, 2.45) is 5.41 Å². The molecule has 2 aliphatic heterocycles. The van der Waals surface area contributed by atoms with E-state index in [1.54, 1.807) is 0 Å². The summed E-state index contributed by atoms with van der Waals surface area (Å²) >= 11 is 0. The summed E-state index contributed by atoms with van der Waals surface area (Å²) in [5, 5.41) is 3.31. The Labute approximate surface area is 173 Å². The second-order valence-corrected chi connectivity index (χ2v) is 10.0. The van der Waals surface area contributed by atoms with Crippen LogP contribution in [0.4, 0.5) is 8.78 Å². The maximum atomic E-state index is 13.7. The summed E-state index contributed by atoms with van der Waals surface area (Å²) in [7, 11) is 2.05. The van der Waals surface area contributed by atoms with E-state index in [9.17, 15) is 18.4 Å². The van der Waals surface area contributed by atoms with Gasteiger partial charge in [0, 0.05) is 63.1 Å². The van der Waals surface area contributed by atoms with Gasteiger partial charge in [-0.3, -0.25) is 9.59 Å². The fourth-order valence-electron chi connectivity index (χ4n) is 4.68. The smallest absolute Gasteiger partial charge is 0.248 e. The van der Waals surface area contributed by atoms with Gasteiger partial charge in [-0.25, -0.2) is 8.78 Å². The second-order valence-electron chi connectivity index (χ2n) is 10.0. The summed E-state index contributed by atoms with van der Waals surface area (Å²) in [5.74, 6) is -2.54. The minimum atomic E-state index is -2.62. The molecular weight excluding hydrogens is 378 g/mol. The van der Waals surface area contributed by atoms with Crippen molar-refractivity contribution in [3.63, 3.8) is 0 Å². The zero-order valence-electron chi connectivity index (χ0n) is 18.2. The van der Waals surface area contributed by atoms with Gasteiger partial charge in [0.25, 0.3) is 0 Å². The minimum absolute atomic E-state index is 0.00721. The first-order valence-corrected chi connectivity index (χ1v) is 10.9. The van der Waals surface area contributed by atoms with Crippen LogP contribution >= 0.6 is 0 Å². The van der Waals surface area contributed by atoms with Crippen molar-refractivity contribution in [3.8, 4) is 0 Å². The molecular formula is C21H36F2N4O2. The van der Waals surface area contributed by atoms with Gasteiger partial charge in [-0.05, 0) is 26.3 Å². The molecule has 3 aliphatic rings. The van der Waals surface area contributed by atoms with Crippen LogP contribution in [0.2, 0.25) is 0 Å². The summed E-state index contributed by atoms with van der Waals surface area (Å²) in [6.07, 6.45) is 0.857. The van der Waals surface area contributed by atoms with Crippen LogP contribution in [0, 0.1) is 5.41 Å². The molecule has 29 heavy (non-hydrogen) atoms. The van der Waals surface area contributed by atoms with Gasteiger partial charge in [-0.1, -0.05) is 20.8 Å². The lowest BCUT2D eigenvalue weighted by molar-refractivity contribution is -0.148. The van der Waals surface area contributed by atoms with Crippen molar-refractivity contribution in [3.05, 3.63) is 0 Å². The normalized spacial score (nSPS) is 29.1. The molecule has 6 nitrogen and oxygen atoms in total. The molecule has 1 aliphatic carbocycles. The number of nitrogens with zero attached hydrogens (tertiary/aromatic N) is 3. The number of alkyl halides is 2. The lowest BCUT2D eigenvalue weighted by Crippen LogP contribution is -2.54. The van der Waals surface area contributed by atoms with Gasteiger partial charge in [-0.15, -0.1) is 0 Å². The number of piperazine rings is 1. The largest absolute Gasteiger partial charge is 0.339 e. The molecule has 0 aromatic heterocycles. The number of carbonyl (C=O) groups excluding carboxylic acids is 2. The van der Waals surface area contributed by atoms with Gasteiger partial charge in [0.1, 0.15) is 0 Å². The third-order valence-electron chi connectivity index (χ3n) is 6.57. The Kier molecular flexibility index (Phi) is 6.53. The molecule has 0 aromatic carbocycles. The zero-order valence-corrected chi connectivity index (χ0v) is 18.2. The maximum Gasteiger partial charge on any atom is 0.248 e. The molecule has 0 bridgehead atoms. The summed E-state index contributed by atoms with van der Waals surface area (Å²) in [6, 6.07) is -0.603. The number of likely N-dealkylation sites (N-methyl/N-ethyl adjacent to an activating group) is 1. The van der Waals surface area contributed by atoms with Crippen molar-refractivity contribution >= 4 is 11.8 Å². The Balaban J connectivity index is 1.68. The van der Waals surface area contributed by atoms with Gasteiger partial charge in [0.2, 0.25) is 17.7 Å². The molecule has 0 radical (unpaired) electrons. The van der Waals surface area contributed by atoms with Gasteiger partial charge >= 0.3 is 0 Å². The molecule has 1 saturated carbocycles. The molecule has 3 rings (SSSR count). The third-order valence-corrected chi connectivity index (χ3v) is 6.57. The van der Waals surface area contributed by atoms with Crippen molar-refractivity contribution in [1.29, 1.82) is 0 Å². The molecule has 0 unspecified atom stereocenters. The van der Waals surface area contributed by atoms with E-state index >= 15 is 0 Å². The lowest BCUT2D eigenvalue weighted by atomic mass is 9.86. The SMILES string of the molecule is CN1CCN(C(=O)[C@@H]2C[C@H](N(C(=O)C(C)(C)C)C3CCC(F)(F)CC3)CN2)CC1. The Bertz CT molecular complexity index is 604. The monoisotopic (exact) mass is 414 g/mol. The average Bonchev–Trinajstić information content (AvgIpc) is 3.12. The first kappa shape index (κ1) is 22.4. The highest BCUT2D eigenvalue weighted by molar-refractivity contribution is 5.84. The van der Waals surface area contributed by atoms with Crippen molar-refractivity contribution in [1.82, 2.24) is 20.0 Å². The predicted molar refractivity (Wildman–Crippen MR) is 108 cm³/mol. The number of nitrogens with one attached hydrogen (secondary N) is 1. The van der Waals surface area contributed by atoms with E-state index in [-0.39, 0.29) is 42.8 Å². The van der Waals surface area contributed by atoms with Crippen LogP contribution in [-0.2, 0) is 9.59 Å². The Morgan fingerprint density at radius 2 is 1.62 bits per heavy atom. The zero-order chi connectivity index (χ0) is 21.4. The lowest BCUT2D eigenvalue weighted by Gasteiger charge is -2.43. The fraction of sp³-hybridized carbons (Fsp3) is 0.905. The minimum Gasteiger partial charge on any atom is -0.339 e. The summed E-state index contributed by atoms with van der Waals surface area (Å²) in [6.45, 7) is 9.33. The van der Waals surface area contributed by atoms with E-state index in [0.717, 1.165) is 26.2 Å². The van der Waals surface area contributed by atoms with Crippen LogP contribution in [0.1, 0.15) is 52.9 Å². The standard InChI is InChI=1S/C21H36F2N4O2/c1-20(2,3)19(29)27(15-5-7-21(22,23)8-6-15)16-13-17(24-14-16)18(28)26-11-9-25(4)10-12-26/h15-17,24H,5-14H2,1-4H3/t16-,17-/m0/s1. The van der Waals surface area contributed by atoms with Crippen molar-refractivity contribution < 1.29 is 18.4 Å². The number of rotatable bonds is 3. The number of hydrogen-bond acceptors (Lipinski definition) is 4. The van der Waals surface area contributed by atoms with Crippen molar-refractivity contribution in [2.75, 3.05) is 39.8 Å². The maximum absolute atomic E-state index is 13.7. The fourth-order valence-corrected chi connectivity index (χ4v) is 4.68. The highest BCUT2D eigenvalue weighted by Gasteiger charge is 2.45. The van der Waals surface area contributed by atoms with Crippen molar-refractivity contribution in [2.45, 2.75) is 76.9 Å². The van der Waals surface area contributed by atoms with E-state index in [1.165, 1.54) is 0 Å². The summed E-state index contributed by atoms with van der Waals surface area (Å²) < 4.78 is 27.4. The molecule has 3 fully saturated rings. The van der Waals surface area contributed by atoms with Crippen LogP contribution in [0.3, 0.4) is 0 Å². The molecule has 0 spiro atoms. The van der Waals surface area contributed by atoms with E-state index in [1.807, 2.05) is 30.6 Å². The van der Waals surface area contributed by atoms with Crippen LogP contribution in [-0.4, -0.2) is 90.3 Å². The molecule has 8 heteroatoms. The first-order chi connectivity index (χ1) is 13.5. The van der Waals surface area contributed by atoms with Gasteiger partial charge in [0.05, 0.1) is 6.04 Å². The molecule has 166 valence electrons. The number of amides is 2. The Morgan fingerprint density at radius 1 is 1.03 bits per heavy atom. The number of hydrogen-bond donors (Lipinski definition) is 1. The molecule has 2 atom stereocenters. The van der Waals surface area contributed by atoms with Crippen LogP contribution in [0.25, 0.3) is 0 Å². The average molecular weight is 415 g/mol. The molecule has 2 amide bonds. The van der Waals surface area contributed by atoms with Gasteiger partial charge in [0.15, 0.2) is 0 Å². The topological polar surface area (TPSA) is 55.9 Å².